The fourth-order valence-electron chi connectivity index (χ4n) is 2.81. The third-order valence-electron chi connectivity index (χ3n) is 4.36. The Morgan fingerprint density at radius 2 is 2.22 bits per heavy atom. The van der Waals surface area contributed by atoms with Gasteiger partial charge in [-0.3, -0.25) is 4.68 Å². The van der Waals surface area contributed by atoms with Crippen molar-refractivity contribution in [3.63, 3.8) is 0 Å². The topological polar surface area (TPSA) is 59.0 Å². The first-order chi connectivity index (χ1) is 10.6. The van der Waals surface area contributed by atoms with Gasteiger partial charge in [0.25, 0.3) is 0 Å². The standard InChI is InChI=1S/C17H30N4OS/c1-12(14-10-21(16(3,4)5)20-13(14)2)19-15(22)18-11-17(6)8-7-9-23-17/h10,12H,7-9,11H2,1-6H3,(H2,18,19,22)/t12-,17-/m1/s1. The molecule has 2 rings (SSSR count). The van der Waals surface area contributed by atoms with Crippen LogP contribution in [0.4, 0.5) is 4.79 Å². The zero-order valence-electron chi connectivity index (χ0n) is 15.2. The van der Waals surface area contributed by atoms with E-state index in [1.54, 1.807) is 0 Å². The van der Waals surface area contributed by atoms with Crippen LogP contribution >= 0.6 is 11.8 Å². The van der Waals surface area contributed by atoms with Crippen LogP contribution in [0.15, 0.2) is 6.20 Å². The average molecular weight is 339 g/mol. The molecule has 2 heterocycles. The molecule has 130 valence electrons. The lowest BCUT2D eigenvalue weighted by Gasteiger charge is -2.23. The fraction of sp³-hybridized carbons (Fsp3) is 0.765. The highest BCUT2D eigenvalue weighted by Gasteiger charge is 2.30. The third kappa shape index (κ3) is 4.66. The van der Waals surface area contributed by atoms with Crippen molar-refractivity contribution in [2.45, 2.75) is 70.7 Å². The summed E-state index contributed by atoms with van der Waals surface area (Å²) in [5, 5.41) is 10.6. The third-order valence-corrected chi connectivity index (χ3v) is 5.90. The summed E-state index contributed by atoms with van der Waals surface area (Å²) in [4.78, 5) is 12.2. The molecule has 6 heteroatoms. The van der Waals surface area contributed by atoms with Gasteiger partial charge in [-0.15, -0.1) is 0 Å². The number of carbonyl (C=O) groups excluding carboxylic acids is 1. The van der Waals surface area contributed by atoms with Gasteiger partial charge in [-0.2, -0.15) is 16.9 Å². The zero-order chi connectivity index (χ0) is 17.3. The maximum atomic E-state index is 12.2. The van der Waals surface area contributed by atoms with E-state index in [4.69, 9.17) is 0 Å². The van der Waals surface area contributed by atoms with E-state index >= 15 is 0 Å². The number of thioether (sulfide) groups is 1. The van der Waals surface area contributed by atoms with E-state index in [0.717, 1.165) is 17.8 Å². The molecule has 0 spiro atoms. The van der Waals surface area contributed by atoms with E-state index in [1.807, 2.05) is 36.5 Å². The Kier molecular flexibility index (Phi) is 5.33. The van der Waals surface area contributed by atoms with Gasteiger partial charge in [-0.25, -0.2) is 4.79 Å². The lowest BCUT2D eigenvalue weighted by molar-refractivity contribution is 0.237. The Morgan fingerprint density at radius 3 is 2.74 bits per heavy atom. The number of carbonyl (C=O) groups is 1. The van der Waals surface area contributed by atoms with E-state index in [-0.39, 0.29) is 22.4 Å². The lowest BCUT2D eigenvalue weighted by Crippen LogP contribution is -2.43. The minimum atomic E-state index is -0.103. The molecule has 2 amide bonds. The number of nitrogens with one attached hydrogen (secondary N) is 2. The number of aromatic nitrogens is 2. The van der Waals surface area contributed by atoms with E-state index in [1.165, 1.54) is 18.6 Å². The molecule has 1 saturated heterocycles. The van der Waals surface area contributed by atoms with Gasteiger partial charge < -0.3 is 10.6 Å². The van der Waals surface area contributed by atoms with Crippen molar-refractivity contribution >= 4 is 17.8 Å². The van der Waals surface area contributed by atoms with Crippen LogP contribution in [-0.4, -0.2) is 32.9 Å². The predicted molar refractivity (Wildman–Crippen MR) is 97.0 cm³/mol. The number of aryl methyl sites for hydroxylation is 1. The molecule has 1 aliphatic heterocycles. The Labute approximate surface area is 144 Å². The van der Waals surface area contributed by atoms with Crippen LogP contribution in [-0.2, 0) is 5.54 Å². The quantitative estimate of drug-likeness (QED) is 0.882. The number of urea groups is 1. The summed E-state index contributed by atoms with van der Waals surface area (Å²) in [6.07, 6.45) is 4.45. The molecule has 0 unspecified atom stereocenters. The van der Waals surface area contributed by atoms with Crippen molar-refractivity contribution in [3.05, 3.63) is 17.5 Å². The second-order valence-electron chi connectivity index (χ2n) is 7.74. The summed E-state index contributed by atoms with van der Waals surface area (Å²) >= 11 is 1.95. The number of amides is 2. The predicted octanol–water partition coefficient (Wildman–Crippen LogP) is 3.59. The summed E-state index contributed by atoms with van der Waals surface area (Å²) in [6.45, 7) is 13.3. The molecule has 2 atom stereocenters. The monoisotopic (exact) mass is 338 g/mol. The van der Waals surface area contributed by atoms with Crippen LogP contribution in [0.1, 0.15) is 64.8 Å². The number of hydrogen-bond donors (Lipinski definition) is 2. The molecule has 5 nitrogen and oxygen atoms in total. The fourth-order valence-corrected chi connectivity index (χ4v) is 4.06. The number of rotatable bonds is 4. The van der Waals surface area contributed by atoms with Crippen molar-refractivity contribution in [3.8, 4) is 0 Å². The highest BCUT2D eigenvalue weighted by Crippen LogP contribution is 2.36. The van der Waals surface area contributed by atoms with Crippen LogP contribution in [0, 0.1) is 6.92 Å². The van der Waals surface area contributed by atoms with E-state index in [9.17, 15) is 4.79 Å². The first-order valence-electron chi connectivity index (χ1n) is 8.36. The van der Waals surface area contributed by atoms with E-state index in [0.29, 0.717) is 0 Å². The highest BCUT2D eigenvalue weighted by atomic mass is 32.2. The number of hydrogen-bond acceptors (Lipinski definition) is 3. The van der Waals surface area contributed by atoms with Crippen LogP contribution in [0.2, 0.25) is 0 Å². The second kappa shape index (κ2) is 6.75. The smallest absolute Gasteiger partial charge is 0.315 e. The van der Waals surface area contributed by atoms with E-state index < -0.39 is 0 Å². The first kappa shape index (κ1) is 18.2. The molecule has 0 saturated carbocycles. The first-order valence-corrected chi connectivity index (χ1v) is 9.34. The van der Waals surface area contributed by atoms with E-state index in [2.05, 4.69) is 43.4 Å². The Hall–Kier alpha value is -1.17. The molecular formula is C17H30N4OS. The SMILES string of the molecule is Cc1nn(C(C)(C)C)cc1[C@@H](C)NC(=O)NC[C@@]1(C)CCCS1. The Bertz CT molecular complexity index is 555. The van der Waals surface area contributed by atoms with Gasteiger partial charge in [0.1, 0.15) is 0 Å². The van der Waals surface area contributed by atoms with Gasteiger partial charge in [0, 0.05) is 23.1 Å². The van der Waals surface area contributed by atoms with Crippen molar-refractivity contribution in [1.82, 2.24) is 20.4 Å². The molecule has 0 radical (unpaired) electrons. The van der Waals surface area contributed by atoms with Gasteiger partial charge in [0.15, 0.2) is 0 Å². The molecule has 0 bridgehead atoms. The molecular weight excluding hydrogens is 308 g/mol. The molecule has 0 aromatic carbocycles. The van der Waals surface area contributed by atoms with Crippen molar-refractivity contribution < 1.29 is 4.79 Å². The normalized spacial score (nSPS) is 22.9. The largest absolute Gasteiger partial charge is 0.337 e. The van der Waals surface area contributed by atoms with Crippen molar-refractivity contribution in [2.75, 3.05) is 12.3 Å². The maximum Gasteiger partial charge on any atom is 0.315 e. The molecule has 23 heavy (non-hydrogen) atoms. The van der Waals surface area contributed by atoms with Crippen LogP contribution in [0.5, 0.6) is 0 Å². The van der Waals surface area contributed by atoms with Crippen LogP contribution in [0.3, 0.4) is 0 Å². The molecule has 0 aliphatic carbocycles. The average Bonchev–Trinajstić information content (AvgIpc) is 3.03. The van der Waals surface area contributed by atoms with Gasteiger partial charge in [0.2, 0.25) is 0 Å². The van der Waals surface area contributed by atoms with Gasteiger partial charge in [0.05, 0.1) is 17.3 Å². The molecule has 2 N–H and O–H groups in total. The number of nitrogens with zero attached hydrogens (tertiary/aromatic N) is 2. The Balaban J connectivity index is 1.92. The Morgan fingerprint density at radius 1 is 1.52 bits per heavy atom. The summed E-state index contributed by atoms with van der Waals surface area (Å²) in [6, 6.07) is -0.163. The summed E-state index contributed by atoms with van der Waals surface area (Å²) in [5.74, 6) is 1.20. The van der Waals surface area contributed by atoms with Crippen molar-refractivity contribution in [2.24, 2.45) is 0 Å². The van der Waals surface area contributed by atoms with Crippen LogP contribution < -0.4 is 10.6 Å². The zero-order valence-corrected chi connectivity index (χ0v) is 16.0. The highest BCUT2D eigenvalue weighted by molar-refractivity contribution is 8.00. The summed E-state index contributed by atoms with van der Waals surface area (Å²) in [5.41, 5.74) is 1.97. The lowest BCUT2D eigenvalue weighted by atomic mass is 10.1. The van der Waals surface area contributed by atoms with Crippen LogP contribution in [0.25, 0.3) is 0 Å². The molecule has 1 aliphatic rings. The molecule has 1 aromatic heterocycles. The van der Waals surface area contributed by atoms with Crippen molar-refractivity contribution in [1.29, 1.82) is 0 Å². The van der Waals surface area contributed by atoms with Gasteiger partial charge in [-0.05, 0) is 60.1 Å². The molecule has 1 aromatic rings. The maximum absolute atomic E-state index is 12.2. The second-order valence-corrected chi connectivity index (χ2v) is 9.42. The summed E-state index contributed by atoms with van der Waals surface area (Å²) < 4.78 is 2.15. The molecule has 1 fully saturated rings. The summed E-state index contributed by atoms with van der Waals surface area (Å²) in [7, 11) is 0. The van der Waals surface area contributed by atoms with Gasteiger partial charge >= 0.3 is 6.03 Å². The van der Waals surface area contributed by atoms with Gasteiger partial charge in [-0.1, -0.05) is 0 Å². The minimum Gasteiger partial charge on any atom is -0.337 e. The minimum absolute atomic E-state index is 0.0563.